The fraction of sp³-hybridized carbons (Fsp3) is 0.750. The molecule has 1 atom stereocenters. The Morgan fingerprint density at radius 3 is 2.60 bits per heavy atom. The van der Waals surface area contributed by atoms with Crippen LogP contribution in [0.5, 0.6) is 0 Å². The van der Waals surface area contributed by atoms with Crippen LogP contribution >= 0.6 is 0 Å². The zero-order valence-corrected chi connectivity index (χ0v) is 9.68. The Labute approximate surface area is 92.3 Å². The van der Waals surface area contributed by atoms with E-state index in [-0.39, 0.29) is 0 Å². The fourth-order valence-corrected chi connectivity index (χ4v) is 1.10. The van der Waals surface area contributed by atoms with Gasteiger partial charge in [-0.05, 0) is 13.3 Å². The van der Waals surface area contributed by atoms with E-state index in [1.54, 1.807) is 6.92 Å². The molecule has 3 nitrogen and oxygen atoms in total. The van der Waals surface area contributed by atoms with Crippen LogP contribution in [0, 0.1) is 12.0 Å². The number of aliphatic carboxylic acids is 1. The van der Waals surface area contributed by atoms with Crippen molar-refractivity contribution >= 4 is 5.97 Å². The topological polar surface area (TPSA) is 49.3 Å². The maximum Gasteiger partial charge on any atom is 0.326 e. The lowest BCUT2D eigenvalue weighted by Gasteiger charge is -2.01. The quantitative estimate of drug-likeness (QED) is 0.386. The first-order chi connectivity index (χ1) is 7.18. The number of hydrogen-bond acceptors (Lipinski definition) is 2. The van der Waals surface area contributed by atoms with Crippen molar-refractivity contribution in [1.82, 2.24) is 5.32 Å². The van der Waals surface area contributed by atoms with Gasteiger partial charge < -0.3 is 10.4 Å². The Morgan fingerprint density at radius 2 is 2.00 bits per heavy atom. The molecule has 2 N–H and O–H groups in total. The molecular weight excluding hydrogens is 190 g/mol. The minimum atomic E-state index is -0.868. The highest BCUT2D eigenvalue weighted by molar-refractivity contribution is 5.73. The molecule has 86 valence electrons. The van der Waals surface area contributed by atoms with Gasteiger partial charge in [-0.2, -0.15) is 0 Å². The lowest BCUT2D eigenvalue weighted by Crippen LogP contribution is -2.29. The molecular formula is C12H21NO2. The molecule has 0 saturated heterocycles. The maximum atomic E-state index is 10.4. The molecule has 0 aromatic carbocycles. The molecule has 0 spiro atoms. The first-order valence-electron chi connectivity index (χ1n) is 5.64. The van der Waals surface area contributed by atoms with Crippen molar-refractivity contribution in [3.8, 4) is 12.0 Å². The van der Waals surface area contributed by atoms with Crippen LogP contribution in [-0.2, 0) is 4.79 Å². The maximum absolute atomic E-state index is 10.4. The predicted molar refractivity (Wildman–Crippen MR) is 61.4 cm³/mol. The van der Waals surface area contributed by atoms with E-state index in [2.05, 4.69) is 24.2 Å². The van der Waals surface area contributed by atoms with E-state index >= 15 is 0 Å². The highest BCUT2D eigenvalue weighted by Gasteiger charge is 2.06. The number of hydrogen-bond donors (Lipinski definition) is 2. The average Bonchev–Trinajstić information content (AvgIpc) is 2.21. The standard InChI is InChI=1S/C12H21NO2/c1-3-4-5-6-7-8-9-10-13-11(2)12(14)15/h11,13H,3-8H2,1-2H3,(H,14,15)/t11-/m0/s1. The third-order valence-electron chi connectivity index (χ3n) is 2.15. The third-order valence-corrected chi connectivity index (χ3v) is 2.15. The molecule has 0 fully saturated rings. The first kappa shape index (κ1) is 13.8. The molecule has 0 aliphatic rings. The second-order valence-electron chi connectivity index (χ2n) is 3.67. The molecule has 0 aromatic heterocycles. The smallest absolute Gasteiger partial charge is 0.326 e. The van der Waals surface area contributed by atoms with Crippen molar-refractivity contribution < 1.29 is 9.90 Å². The Hall–Kier alpha value is -1.17. The molecule has 0 aliphatic heterocycles. The van der Waals surface area contributed by atoms with Crippen LogP contribution in [0.25, 0.3) is 0 Å². The van der Waals surface area contributed by atoms with Crippen LogP contribution in [0.3, 0.4) is 0 Å². The SMILES string of the molecule is CCCCCCCC#CN[C@@H](C)C(=O)O. The summed E-state index contributed by atoms with van der Waals surface area (Å²) in [6.45, 7) is 3.77. The minimum Gasteiger partial charge on any atom is -0.480 e. The largest absolute Gasteiger partial charge is 0.480 e. The highest BCUT2D eigenvalue weighted by atomic mass is 16.4. The van der Waals surface area contributed by atoms with Crippen molar-refractivity contribution in [1.29, 1.82) is 0 Å². The van der Waals surface area contributed by atoms with Crippen molar-refractivity contribution in [3.05, 3.63) is 0 Å². The summed E-state index contributed by atoms with van der Waals surface area (Å²) in [4.78, 5) is 10.4. The van der Waals surface area contributed by atoms with Crippen LogP contribution in [0.2, 0.25) is 0 Å². The van der Waals surface area contributed by atoms with E-state index in [1.165, 1.54) is 25.7 Å². The molecule has 0 heterocycles. The molecule has 0 rings (SSSR count). The van der Waals surface area contributed by atoms with Crippen molar-refractivity contribution in [2.24, 2.45) is 0 Å². The van der Waals surface area contributed by atoms with E-state index in [1.807, 2.05) is 0 Å². The van der Waals surface area contributed by atoms with Gasteiger partial charge in [0.15, 0.2) is 0 Å². The number of unbranched alkanes of at least 4 members (excludes halogenated alkanes) is 5. The third kappa shape index (κ3) is 9.14. The van der Waals surface area contributed by atoms with Crippen molar-refractivity contribution in [3.63, 3.8) is 0 Å². The molecule has 0 aliphatic carbocycles. The van der Waals surface area contributed by atoms with Crippen molar-refractivity contribution in [2.45, 2.75) is 58.4 Å². The van der Waals surface area contributed by atoms with Gasteiger partial charge in [0.2, 0.25) is 0 Å². The highest BCUT2D eigenvalue weighted by Crippen LogP contribution is 2.03. The second kappa shape index (κ2) is 9.39. The van der Waals surface area contributed by atoms with Crippen LogP contribution in [0.15, 0.2) is 0 Å². The summed E-state index contributed by atoms with van der Waals surface area (Å²) in [5, 5.41) is 11.2. The summed E-state index contributed by atoms with van der Waals surface area (Å²) >= 11 is 0. The van der Waals surface area contributed by atoms with Gasteiger partial charge in [-0.3, -0.25) is 0 Å². The first-order valence-corrected chi connectivity index (χ1v) is 5.64. The number of rotatable bonds is 7. The molecule has 15 heavy (non-hydrogen) atoms. The number of carbonyl (C=O) groups is 1. The lowest BCUT2D eigenvalue weighted by atomic mass is 10.1. The van der Waals surface area contributed by atoms with Crippen LogP contribution in [0.4, 0.5) is 0 Å². The summed E-state index contributed by atoms with van der Waals surface area (Å²) in [5.41, 5.74) is 0. The van der Waals surface area contributed by atoms with E-state index in [0.717, 1.165) is 12.8 Å². The van der Waals surface area contributed by atoms with Gasteiger partial charge in [-0.1, -0.05) is 38.5 Å². The predicted octanol–water partition coefficient (Wildman–Crippen LogP) is 2.37. The summed E-state index contributed by atoms with van der Waals surface area (Å²) < 4.78 is 0. The molecule has 0 saturated carbocycles. The Bertz CT molecular complexity index is 228. The van der Waals surface area contributed by atoms with Gasteiger partial charge in [0, 0.05) is 12.5 Å². The Kier molecular flexibility index (Phi) is 8.66. The Balaban J connectivity index is 3.35. The fourth-order valence-electron chi connectivity index (χ4n) is 1.10. The summed E-state index contributed by atoms with van der Waals surface area (Å²) in [6, 6.07) is 2.09. The van der Waals surface area contributed by atoms with Crippen molar-refractivity contribution in [2.75, 3.05) is 0 Å². The number of carboxylic acid groups (broad SMARTS) is 1. The molecule has 0 bridgehead atoms. The van der Waals surface area contributed by atoms with Gasteiger partial charge in [-0.15, -0.1) is 0 Å². The molecule has 0 aromatic rings. The molecule has 3 heteroatoms. The summed E-state index contributed by atoms with van der Waals surface area (Å²) in [6.07, 6.45) is 7.00. The molecule has 0 amide bonds. The normalized spacial score (nSPS) is 11.3. The van der Waals surface area contributed by atoms with Gasteiger partial charge in [-0.25, -0.2) is 4.79 Å². The van der Waals surface area contributed by atoms with E-state index in [4.69, 9.17) is 5.11 Å². The second-order valence-corrected chi connectivity index (χ2v) is 3.67. The number of carboxylic acids is 1. The van der Waals surface area contributed by atoms with Crippen LogP contribution < -0.4 is 5.32 Å². The van der Waals surface area contributed by atoms with E-state index in [0.29, 0.717) is 0 Å². The minimum absolute atomic E-state index is 0.586. The van der Waals surface area contributed by atoms with Gasteiger partial charge >= 0.3 is 5.97 Å². The van der Waals surface area contributed by atoms with Crippen LogP contribution in [-0.4, -0.2) is 17.1 Å². The van der Waals surface area contributed by atoms with E-state index in [9.17, 15) is 4.79 Å². The zero-order valence-electron chi connectivity index (χ0n) is 9.68. The monoisotopic (exact) mass is 211 g/mol. The number of nitrogens with one attached hydrogen (secondary N) is 1. The van der Waals surface area contributed by atoms with Gasteiger partial charge in [0.1, 0.15) is 6.04 Å². The molecule has 0 radical (unpaired) electrons. The molecule has 0 unspecified atom stereocenters. The van der Waals surface area contributed by atoms with E-state index < -0.39 is 12.0 Å². The van der Waals surface area contributed by atoms with Gasteiger partial charge in [0.05, 0.1) is 0 Å². The van der Waals surface area contributed by atoms with Crippen LogP contribution in [0.1, 0.15) is 52.4 Å². The summed E-state index contributed by atoms with van der Waals surface area (Å²) in [7, 11) is 0. The Morgan fingerprint density at radius 1 is 1.33 bits per heavy atom. The zero-order chi connectivity index (χ0) is 11.5. The lowest BCUT2D eigenvalue weighted by molar-refractivity contribution is -0.138. The summed E-state index contributed by atoms with van der Waals surface area (Å²) in [5.74, 6) is 2.06. The van der Waals surface area contributed by atoms with Gasteiger partial charge in [0.25, 0.3) is 0 Å². The average molecular weight is 211 g/mol.